The number of phenols is 1. The summed E-state index contributed by atoms with van der Waals surface area (Å²) in [6, 6.07) is 3.33. The lowest BCUT2D eigenvalue weighted by Crippen LogP contribution is -2.44. The number of hydrogen-bond donors (Lipinski definition) is 3. The van der Waals surface area contributed by atoms with Gasteiger partial charge in [-0.1, -0.05) is 6.42 Å². The van der Waals surface area contributed by atoms with Gasteiger partial charge in [-0.25, -0.2) is 0 Å². The number of carbonyl (C=O) groups is 1. The fourth-order valence-corrected chi connectivity index (χ4v) is 2.48. The summed E-state index contributed by atoms with van der Waals surface area (Å²) in [6.07, 6.45) is 2.36. The molecule has 0 bridgehead atoms. The van der Waals surface area contributed by atoms with E-state index in [9.17, 15) is 20.0 Å². The van der Waals surface area contributed by atoms with Crippen LogP contribution in [0.5, 0.6) is 5.75 Å². The van der Waals surface area contributed by atoms with Crippen molar-refractivity contribution >= 4 is 17.3 Å². The van der Waals surface area contributed by atoms with E-state index in [2.05, 4.69) is 5.32 Å². The summed E-state index contributed by atoms with van der Waals surface area (Å²) in [5.41, 5.74) is 5.21. The number of anilines is 1. The number of nitrogens with two attached hydrogens (primary N) is 1. The van der Waals surface area contributed by atoms with Gasteiger partial charge in [0, 0.05) is 12.1 Å². The SMILES string of the molecule is CC1(C(=O)Nc2ccc([N+](=O)[O-])cc2O)CCCC1N. The topological polar surface area (TPSA) is 118 Å². The number of nitrogens with one attached hydrogen (secondary N) is 1. The number of nitro benzene ring substituents is 1. The lowest BCUT2D eigenvalue weighted by Gasteiger charge is -2.27. The summed E-state index contributed by atoms with van der Waals surface area (Å²) in [5.74, 6) is -0.602. The highest BCUT2D eigenvalue weighted by Crippen LogP contribution is 2.38. The second kappa shape index (κ2) is 5.09. The Hall–Kier alpha value is -2.15. The van der Waals surface area contributed by atoms with Gasteiger partial charge in [-0.15, -0.1) is 0 Å². The molecule has 7 nitrogen and oxygen atoms in total. The van der Waals surface area contributed by atoms with Crippen molar-refractivity contribution in [3.8, 4) is 5.75 Å². The molecule has 1 aliphatic rings. The highest BCUT2D eigenvalue weighted by molar-refractivity contribution is 5.97. The van der Waals surface area contributed by atoms with Gasteiger partial charge in [0.15, 0.2) is 0 Å². The molecular weight excluding hydrogens is 262 g/mol. The first kappa shape index (κ1) is 14.3. The molecule has 2 unspecified atom stereocenters. The molecule has 0 radical (unpaired) electrons. The van der Waals surface area contributed by atoms with Crippen LogP contribution in [0.15, 0.2) is 18.2 Å². The number of nitro groups is 1. The number of carbonyl (C=O) groups excluding carboxylic acids is 1. The molecule has 1 aromatic carbocycles. The van der Waals surface area contributed by atoms with Crippen LogP contribution in [-0.4, -0.2) is 22.0 Å². The Morgan fingerprint density at radius 3 is 2.80 bits per heavy atom. The Bertz CT molecular complexity index is 561. The molecule has 1 aromatic rings. The summed E-state index contributed by atoms with van der Waals surface area (Å²) >= 11 is 0. The van der Waals surface area contributed by atoms with Crippen LogP contribution in [-0.2, 0) is 4.79 Å². The molecule has 1 saturated carbocycles. The second-order valence-corrected chi connectivity index (χ2v) is 5.33. The Balaban J connectivity index is 2.18. The first-order chi connectivity index (χ1) is 9.34. The molecule has 2 rings (SSSR count). The number of aromatic hydroxyl groups is 1. The minimum Gasteiger partial charge on any atom is -0.506 e. The van der Waals surface area contributed by atoms with Gasteiger partial charge in [0.2, 0.25) is 5.91 Å². The third kappa shape index (κ3) is 2.44. The molecule has 0 saturated heterocycles. The summed E-state index contributed by atoms with van der Waals surface area (Å²) in [6.45, 7) is 1.79. The zero-order chi connectivity index (χ0) is 14.9. The van der Waals surface area contributed by atoms with Crippen molar-refractivity contribution in [2.75, 3.05) is 5.32 Å². The summed E-state index contributed by atoms with van der Waals surface area (Å²) < 4.78 is 0. The van der Waals surface area contributed by atoms with Crippen LogP contribution < -0.4 is 11.1 Å². The van der Waals surface area contributed by atoms with Crippen molar-refractivity contribution < 1.29 is 14.8 Å². The quantitative estimate of drug-likeness (QED) is 0.442. The third-order valence-electron chi connectivity index (χ3n) is 3.99. The number of amides is 1. The van der Waals surface area contributed by atoms with Gasteiger partial charge in [-0.2, -0.15) is 0 Å². The number of nitrogens with zero attached hydrogens (tertiary/aromatic N) is 1. The average Bonchev–Trinajstić information content (AvgIpc) is 2.73. The van der Waals surface area contributed by atoms with Crippen molar-refractivity contribution in [2.45, 2.75) is 32.2 Å². The molecule has 0 aromatic heterocycles. The fourth-order valence-electron chi connectivity index (χ4n) is 2.48. The van der Waals surface area contributed by atoms with E-state index < -0.39 is 10.3 Å². The molecule has 1 amide bonds. The van der Waals surface area contributed by atoms with Gasteiger partial charge in [0.25, 0.3) is 5.69 Å². The predicted octanol–water partition coefficient (Wildman–Crippen LogP) is 1.76. The molecular formula is C13H17N3O4. The summed E-state index contributed by atoms with van der Waals surface area (Å²) in [7, 11) is 0. The summed E-state index contributed by atoms with van der Waals surface area (Å²) in [5, 5.41) is 22.9. The number of phenolic OH excluding ortho intramolecular Hbond substituents is 1. The monoisotopic (exact) mass is 279 g/mol. The number of benzene rings is 1. The van der Waals surface area contributed by atoms with Gasteiger partial charge in [-0.3, -0.25) is 14.9 Å². The van der Waals surface area contributed by atoms with E-state index in [0.29, 0.717) is 6.42 Å². The molecule has 0 spiro atoms. The minimum absolute atomic E-state index is 0.154. The average molecular weight is 279 g/mol. The van der Waals surface area contributed by atoms with Crippen molar-refractivity contribution in [3.05, 3.63) is 28.3 Å². The van der Waals surface area contributed by atoms with Crippen molar-refractivity contribution in [2.24, 2.45) is 11.1 Å². The maximum Gasteiger partial charge on any atom is 0.273 e. The number of rotatable bonds is 3. The number of hydrogen-bond acceptors (Lipinski definition) is 5. The maximum atomic E-state index is 12.3. The zero-order valence-corrected chi connectivity index (χ0v) is 11.1. The maximum absolute atomic E-state index is 12.3. The van der Waals surface area contributed by atoms with E-state index in [0.717, 1.165) is 18.9 Å². The van der Waals surface area contributed by atoms with Crippen molar-refractivity contribution in [3.63, 3.8) is 0 Å². The molecule has 2 atom stereocenters. The van der Waals surface area contributed by atoms with Crippen LogP contribution in [0.3, 0.4) is 0 Å². The largest absolute Gasteiger partial charge is 0.506 e. The van der Waals surface area contributed by atoms with E-state index >= 15 is 0 Å². The second-order valence-electron chi connectivity index (χ2n) is 5.33. The molecule has 4 N–H and O–H groups in total. The first-order valence-electron chi connectivity index (χ1n) is 6.39. The Labute approximate surface area is 115 Å². The van der Waals surface area contributed by atoms with Crippen LogP contribution in [0, 0.1) is 15.5 Å². The third-order valence-corrected chi connectivity index (χ3v) is 3.99. The molecule has 108 valence electrons. The highest BCUT2D eigenvalue weighted by Gasteiger charge is 2.43. The minimum atomic E-state index is -0.672. The van der Waals surface area contributed by atoms with Gasteiger partial charge >= 0.3 is 0 Å². The predicted molar refractivity (Wildman–Crippen MR) is 73.3 cm³/mol. The van der Waals surface area contributed by atoms with Crippen LogP contribution >= 0.6 is 0 Å². The van der Waals surface area contributed by atoms with Crippen LogP contribution in [0.2, 0.25) is 0 Å². The van der Waals surface area contributed by atoms with Gasteiger partial charge in [-0.05, 0) is 25.8 Å². The molecule has 0 heterocycles. The Morgan fingerprint density at radius 1 is 1.60 bits per heavy atom. The van der Waals surface area contributed by atoms with Crippen molar-refractivity contribution in [1.29, 1.82) is 0 Å². The Kier molecular flexibility index (Phi) is 3.63. The van der Waals surface area contributed by atoms with E-state index in [1.807, 2.05) is 0 Å². The highest BCUT2D eigenvalue weighted by atomic mass is 16.6. The molecule has 1 fully saturated rings. The lowest BCUT2D eigenvalue weighted by atomic mass is 9.84. The first-order valence-corrected chi connectivity index (χ1v) is 6.39. The molecule has 20 heavy (non-hydrogen) atoms. The summed E-state index contributed by atoms with van der Waals surface area (Å²) in [4.78, 5) is 22.3. The normalized spacial score (nSPS) is 25.4. The van der Waals surface area contributed by atoms with Crippen LogP contribution in [0.25, 0.3) is 0 Å². The van der Waals surface area contributed by atoms with Gasteiger partial charge in [0.05, 0.1) is 22.1 Å². The molecule has 0 aliphatic heterocycles. The standard InChI is InChI=1S/C13H17N3O4/c1-13(6-2-3-11(13)14)12(18)15-9-5-4-8(16(19)20)7-10(9)17/h4-5,7,11,17H,2-3,6,14H2,1H3,(H,15,18). The smallest absolute Gasteiger partial charge is 0.273 e. The van der Waals surface area contributed by atoms with E-state index in [1.54, 1.807) is 6.92 Å². The van der Waals surface area contributed by atoms with Crippen LogP contribution in [0.4, 0.5) is 11.4 Å². The Morgan fingerprint density at radius 2 is 2.30 bits per heavy atom. The van der Waals surface area contributed by atoms with E-state index in [1.165, 1.54) is 12.1 Å². The van der Waals surface area contributed by atoms with Crippen molar-refractivity contribution in [1.82, 2.24) is 0 Å². The van der Waals surface area contributed by atoms with E-state index in [-0.39, 0.29) is 29.1 Å². The zero-order valence-electron chi connectivity index (χ0n) is 11.1. The van der Waals surface area contributed by atoms with E-state index in [4.69, 9.17) is 5.73 Å². The van der Waals surface area contributed by atoms with Crippen LogP contribution in [0.1, 0.15) is 26.2 Å². The number of non-ortho nitro benzene ring substituents is 1. The molecule has 1 aliphatic carbocycles. The fraction of sp³-hybridized carbons (Fsp3) is 0.462. The molecule has 7 heteroatoms. The lowest BCUT2D eigenvalue weighted by molar-refractivity contribution is -0.384. The van der Waals surface area contributed by atoms with Gasteiger partial charge < -0.3 is 16.2 Å². The van der Waals surface area contributed by atoms with Gasteiger partial charge in [0.1, 0.15) is 5.75 Å².